The molecule has 1 rings (SSSR count). The Bertz CT molecular complexity index is 560. The van der Waals surface area contributed by atoms with E-state index in [9.17, 15) is 14.5 Å². The summed E-state index contributed by atoms with van der Waals surface area (Å²) in [6, 6.07) is 3.43. The summed E-state index contributed by atoms with van der Waals surface area (Å²) in [4.78, 5) is 9.87. The first kappa shape index (κ1) is 20.5. The Labute approximate surface area is 143 Å². The second kappa shape index (κ2) is 8.54. The maximum Gasteiger partial charge on any atom is 0.308 e. The van der Waals surface area contributed by atoms with Crippen molar-refractivity contribution in [2.24, 2.45) is 0 Å². The van der Waals surface area contributed by atoms with E-state index in [-0.39, 0.29) is 17.4 Å². The third-order valence-electron chi connectivity index (χ3n) is 4.11. The van der Waals surface area contributed by atoms with Gasteiger partial charge in [0, 0.05) is 0 Å². The first-order chi connectivity index (χ1) is 11.0. The summed E-state index contributed by atoms with van der Waals surface area (Å²) >= 11 is 0. The Morgan fingerprint density at radius 1 is 1.17 bits per heavy atom. The molecule has 0 spiro atoms. The lowest BCUT2D eigenvalue weighted by atomic mass is 10.2. The summed E-state index contributed by atoms with van der Waals surface area (Å²) in [5.74, 6) is -0.643. The molecule has 0 heterocycles. The molecule has 0 atom stereocenters. The second-order valence-electron chi connectivity index (χ2n) is 6.94. The van der Waals surface area contributed by atoms with E-state index >= 15 is 0 Å². The van der Waals surface area contributed by atoms with Gasteiger partial charge in [-0.1, -0.05) is 20.8 Å². The molecule has 1 aromatic rings. The van der Waals surface area contributed by atoms with Crippen LogP contribution in [0.15, 0.2) is 18.2 Å². The molecule has 0 aromatic heterocycles. The quantitative estimate of drug-likeness (QED) is 0.287. The minimum atomic E-state index is -1.76. The molecular formula is C16H26FNO5Si. The molecule has 0 bridgehead atoms. The van der Waals surface area contributed by atoms with Crippen LogP contribution in [-0.4, -0.2) is 39.7 Å². The number of nitro groups is 1. The zero-order valence-electron chi connectivity index (χ0n) is 14.9. The molecule has 0 aliphatic rings. The van der Waals surface area contributed by atoms with E-state index in [0.717, 1.165) is 12.1 Å². The van der Waals surface area contributed by atoms with Crippen molar-refractivity contribution in [2.75, 3.05) is 26.4 Å². The summed E-state index contributed by atoms with van der Waals surface area (Å²) in [5.41, 5.74) is -0.601. The van der Waals surface area contributed by atoms with Gasteiger partial charge in [-0.2, -0.15) is 4.39 Å². The SMILES string of the molecule is CC(C)(C)[Si](C)(C)OCCOCCOc1ccc(F)c([N+](=O)[O-])c1. The van der Waals surface area contributed by atoms with Crippen molar-refractivity contribution < 1.29 is 23.2 Å². The van der Waals surface area contributed by atoms with Crippen molar-refractivity contribution in [3.05, 3.63) is 34.1 Å². The Kier molecular flexibility index (Phi) is 7.31. The molecule has 0 N–H and O–H groups in total. The van der Waals surface area contributed by atoms with Crippen LogP contribution in [0.25, 0.3) is 0 Å². The molecule has 0 amide bonds. The summed E-state index contributed by atoms with van der Waals surface area (Å²) in [7, 11) is -1.76. The monoisotopic (exact) mass is 359 g/mol. The van der Waals surface area contributed by atoms with Gasteiger partial charge in [-0.3, -0.25) is 10.1 Å². The molecule has 0 saturated carbocycles. The van der Waals surface area contributed by atoms with Gasteiger partial charge in [-0.05, 0) is 30.3 Å². The summed E-state index contributed by atoms with van der Waals surface area (Å²) in [6.45, 7) is 12.4. The minimum Gasteiger partial charge on any atom is -0.491 e. The van der Waals surface area contributed by atoms with E-state index in [4.69, 9.17) is 13.9 Å². The third kappa shape index (κ3) is 6.18. The van der Waals surface area contributed by atoms with Crippen molar-refractivity contribution in [1.29, 1.82) is 0 Å². The minimum absolute atomic E-state index is 0.160. The highest BCUT2D eigenvalue weighted by Crippen LogP contribution is 2.36. The average molecular weight is 359 g/mol. The van der Waals surface area contributed by atoms with Gasteiger partial charge in [-0.15, -0.1) is 0 Å². The molecule has 0 aliphatic carbocycles. The number of ether oxygens (including phenoxy) is 2. The van der Waals surface area contributed by atoms with Crippen molar-refractivity contribution in [1.82, 2.24) is 0 Å². The van der Waals surface area contributed by atoms with E-state index in [1.54, 1.807) is 0 Å². The van der Waals surface area contributed by atoms with Crippen molar-refractivity contribution in [3.8, 4) is 5.75 Å². The zero-order valence-corrected chi connectivity index (χ0v) is 15.9. The number of hydrogen-bond donors (Lipinski definition) is 0. The van der Waals surface area contributed by atoms with Gasteiger partial charge in [0.15, 0.2) is 8.32 Å². The summed E-state index contributed by atoms with van der Waals surface area (Å²) in [6.07, 6.45) is 0. The molecule has 0 unspecified atom stereocenters. The van der Waals surface area contributed by atoms with Gasteiger partial charge in [0.05, 0.1) is 30.8 Å². The molecule has 136 valence electrons. The Morgan fingerprint density at radius 2 is 1.79 bits per heavy atom. The molecule has 6 nitrogen and oxygen atoms in total. The van der Waals surface area contributed by atoms with Gasteiger partial charge in [0.1, 0.15) is 12.4 Å². The fourth-order valence-corrected chi connectivity index (χ4v) is 2.64. The van der Waals surface area contributed by atoms with Crippen LogP contribution in [0.1, 0.15) is 20.8 Å². The largest absolute Gasteiger partial charge is 0.491 e. The lowest BCUT2D eigenvalue weighted by Crippen LogP contribution is -2.41. The fraction of sp³-hybridized carbons (Fsp3) is 0.625. The van der Waals surface area contributed by atoms with Gasteiger partial charge in [0.25, 0.3) is 0 Å². The van der Waals surface area contributed by atoms with Crippen molar-refractivity contribution in [3.63, 3.8) is 0 Å². The van der Waals surface area contributed by atoms with Gasteiger partial charge in [-0.25, -0.2) is 0 Å². The summed E-state index contributed by atoms with van der Waals surface area (Å²) in [5, 5.41) is 10.8. The van der Waals surface area contributed by atoms with E-state index in [1.165, 1.54) is 6.07 Å². The number of nitro benzene ring substituents is 1. The lowest BCUT2D eigenvalue weighted by molar-refractivity contribution is -0.387. The van der Waals surface area contributed by atoms with Gasteiger partial charge in [0.2, 0.25) is 5.82 Å². The molecule has 0 radical (unpaired) electrons. The van der Waals surface area contributed by atoms with E-state index < -0.39 is 24.7 Å². The lowest BCUT2D eigenvalue weighted by Gasteiger charge is -2.36. The van der Waals surface area contributed by atoms with E-state index in [1.807, 2.05) is 0 Å². The van der Waals surface area contributed by atoms with Crippen LogP contribution >= 0.6 is 0 Å². The predicted molar refractivity (Wildman–Crippen MR) is 92.5 cm³/mol. The first-order valence-corrected chi connectivity index (χ1v) is 10.7. The number of nitrogens with zero attached hydrogens (tertiary/aromatic N) is 1. The summed E-state index contributed by atoms with van der Waals surface area (Å²) < 4.78 is 29.9. The number of halogens is 1. The molecular weight excluding hydrogens is 333 g/mol. The van der Waals surface area contributed by atoms with Crippen LogP contribution in [0, 0.1) is 15.9 Å². The highest BCUT2D eigenvalue weighted by Gasteiger charge is 2.36. The van der Waals surface area contributed by atoms with Crippen LogP contribution in [0.3, 0.4) is 0 Å². The molecule has 24 heavy (non-hydrogen) atoms. The smallest absolute Gasteiger partial charge is 0.308 e. The van der Waals surface area contributed by atoms with Gasteiger partial charge < -0.3 is 13.9 Å². The molecule has 0 aliphatic heterocycles. The molecule has 0 fully saturated rings. The third-order valence-corrected chi connectivity index (χ3v) is 8.65. The van der Waals surface area contributed by atoms with Crippen LogP contribution in [-0.2, 0) is 9.16 Å². The Balaban J connectivity index is 2.26. The van der Waals surface area contributed by atoms with Crippen molar-refractivity contribution >= 4 is 14.0 Å². The predicted octanol–water partition coefficient (Wildman–Crippen LogP) is 4.15. The molecule has 1 aromatic carbocycles. The van der Waals surface area contributed by atoms with Crippen LogP contribution < -0.4 is 4.74 Å². The van der Waals surface area contributed by atoms with Crippen molar-refractivity contribution in [2.45, 2.75) is 38.9 Å². The highest BCUT2D eigenvalue weighted by molar-refractivity contribution is 6.74. The maximum absolute atomic E-state index is 13.2. The molecule has 8 heteroatoms. The standard InChI is InChI=1S/C16H26FNO5Si/c1-16(2,3)24(4,5)23-11-9-21-8-10-22-13-6-7-14(17)15(12-13)18(19)20/h6-7,12H,8-11H2,1-5H3. The van der Waals surface area contributed by atoms with Crippen LogP contribution in [0.2, 0.25) is 18.1 Å². The van der Waals surface area contributed by atoms with Crippen LogP contribution in [0.5, 0.6) is 5.75 Å². The number of rotatable bonds is 9. The second-order valence-corrected chi connectivity index (χ2v) is 11.7. The number of hydrogen-bond acceptors (Lipinski definition) is 5. The fourth-order valence-electron chi connectivity index (χ4n) is 1.61. The van der Waals surface area contributed by atoms with E-state index in [0.29, 0.717) is 19.8 Å². The van der Waals surface area contributed by atoms with Crippen LogP contribution in [0.4, 0.5) is 10.1 Å². The topological polar surface area (TPSA) is 70.8 Å². The Hall–Kier alpha value is -1.51. The maximum atomic E-state index is 13.2. The Morgan fingerprint density at radius 3 is 2.38 bits per heavy atom. The highest BCUT2D eigenvalue weighted by atomic mass is 28.4. The molecule has 0 saturated heterocycles. The van der Waals surface area contributed by atoms with E-state index in [2.05, 4.69) is 33.9 Å². The normalized spacial score (nSPS) is 12.2. The number of benzene rings is 1. The zero-order chi connectivity index (χ0) is 18.4. The van der Waals surface area contributed by atoms with Gasteiger partial charge >= 0.3 is 5.69 Å². The average Bonchev–Trinajstić information content (AvgIpc) is 2.46. The first-order valence-electron chi connectivity index (χ1n) is 7.83.